The van der Waals surface area contributed by atoms with Crippen LogP contribution in [-0.4, -0.2) is 12.9 Å². The molecule has 0 bridgehead atoms. The van der Waals surface area contributed by atoms with Gasteiger partial charge < -0.3 is 4.74 Å². The summed E-state index contributed by atoms with van der Waals surface area (Å²) >= 11 is 0. The fraction of sp³-hybridized carbons (Fsp3) is 0.300. The molecule has 4 heteroatoms. The van der Waals surface area contributed by atoms with Crippen LogP contribution in [0.3, 0.4) is 0 Å². The summed E-state index contributed by atoms with van der Waals surface area (Å²) in [4.78, 5) is 11.0. The van der Waals surface area contributed by atoms with Crippen LogP contribution in [0.2, 0.25) is 0 Å². The molecule has 0 spiro atoms. The Labute approximate surface area is 80.5 Å². The highest BCUT2D eigenvalue weighted by atomic mass is 19.1. The number of rotatable bonds is 3. The minimum atomic E-state index is -1.04. The standard InChI is InChI=1S/C10H10F2O2/c1-6(13)10(14-2)8-5-7(11)3-4-9(8)12/h3-5,10H,1-2H3. The van der Waals surface area contributed by atoms with Crippen LogP contribution in [0.4, 0.5) is 8.78 Å². The van der Waals surface area contributed by atoms with Gasteiger partial charge >= 0.3 is 0 Å². The zero-order chi connectivity index (χ0) is 10.7. The second-order valence-electron chi connectivity index (χ2n) is 2.89. The van der Waals surface area contributed by atoms with Gasteiger partial charge in [-0.05, 0) is 25.1 Å². The van der Waals surface area contributed by atoms with Crippen LogP contribution in [0.5, 0.6) is 0 Å². The van der Waals surface area contributed by atoms with Crippen LogP contribution >= 0.6 is 0 Å². The maximum Gasteiger partial charge on any atom is 0.163 e. The molecule has 0 fully saturated rings. The third kappa shape index (κ3) is 2.14. The zero-order valence-corrected chi connectivity index (χ0v) is 7.88. The summed E-state index contributed by atoms with van der Waals surface area (Å²) in [5, 5.41) is 0. The fourth-order valence-electron chi connectivity index (χ4n) is 1.23. The first-order valence-corrected chi connectivity index (χ1v) is 4.04. The Kier molecular flexibility index (Phi) is 3.30. The number of Topliss-reactive ketones (excluding diaryl/α,β-unsaturated/α-hetero) is 1. The van der Waals surface area contributed by atoms with Crippen molar-refractivity contribution in [3.05, 3.63) is 35.4 Å². The summed E-state index contributed by atoms with van der Waals surface area (Å²) < 4.78 is 30.7. The summed E-state index contributed by atoms with van der Waals surface area (Å²) in [5.74, 6) is -1.60. The molecule has 0 saturated heterocycles. The third-order valence-corrected chi connectivity index (χ3v) is 1.85. The van der Waals surface area contributed by atoms with E-state index in [-0.39, 0.29) is 11.3 Å². The van der Waals surface area contributed by atoms with E-state index in [0.717, 1.165) is 18.2 Å². The maximum absolute atomic E-state index is 13.2. The molecule has 0 aliphatic rings. The summed E-state index contributed by atoms with van der Waals surface area (Å²) in [6.45, 7) is 1.26. The van der Waals surface area contributed by atoms with Gasteiger partial charge in [-0.1, -0.05) is 0 Å². The normalized spacial score (nSPS) is 12.6. The molecule has 2 nitrogen and oxygen atoms in total. The van der Waals surface area contributed by atoms with Gasteiger partial charge in [-0.2, -0.15) is 0 Å². The molecule has 0 heterocycles. The van der Waals surface area contributed by atoms with Crippen LogP contribution < -0.4 is 0 Å². The van der Waals surface area contributed by atoms with E-state index in [2.05, 4.69) is 0 Å². The smallest absolute Gasteiger partial charge is 0.163 e. The van der Waals surface area contributed by atoms with Crippen molar-refractivity contribution in [2.24, 2.45) is 0 Å². The first-order valence-electron chi connectivity index (χ1n) is 4.04. The molecule has 1 rings (SSSR count). The number of carbonyl (C=O) groups excluding carboxylic acids is 1. The van der Waals surface area contributed by atoms with Crippen LogP contribution in [0, 0.1) is 11.6 Å². The van der Waals surface area contributed by atoms with Crippen molar-refractivity contribution in [1.82, 2.24) is 0 Å². The van der Waals surface area contributed by atoms with Crippen molar-refractivity contribution in [2.75, 3.05) is 7.11 Å². The Hall–Kier alpha value is -1.29. The van der Waals surface area contributed by atoms with E-state index in [1.54, 1.807) is 0 Å². The minimum absolute atomic E-state index is 0.0694. The molecule has 76 valence electrons. The van der Waals surface area contributed by atoms with E-state index in [1.165, 1.54) is 14.0 Å². The van der Waals surface area contributed by atoms with Crippen molar-refractivity contribution < 1.29 is 18.3 Å². The van der Waals surface area contributed by atoms with Gasteiger partial charge in [0.05, 0.1) is 0 Å². The topological polar surface area (TPSA) is 26.3 Å². The second kappa shape index (κ2) is 4.28. The van der Waals surface area contributed by atoms with Crippen LogP contribution in [0.25, 0.3) is 0 Å². The molecule has 1 aromatic rings. The molecule has 0 aromatic heterocycles. The Bertz CT molecular complexity index is 350. The highest BCUT2D eigenvalue weighted by Crippen LogP contribution is 2.21. The molecule has 1 aromatic carbocycles. The summed E-state index contributed by atoms with van der Waals surface area (Å²) in [7, 11) is 1.27. The number of halogens is 2. The summed E-state index contributed by atoms with van der Waals surface area (Å²) in [6, 6.07) is 2.93. The Morgan fingerprint density at radius 1 is 1.43 bits per heavy atom. The highest BCUT2D eigenvalue weighted by molar-refractivity contribution is 5.81. The van der Waals surface area contributed by atoms with E-state index in [0.29, 0.717) is 0 Å². The van der Waals surface area contributed by atoms with Gasteiger partial charge in [-0.3, -0.25) is 4.79 Å². The van der Waals surface area contributed by atoms with Crippen molar-refractivity contribution in [2.45, 2.75) is 13.0 Å². The van der Waals surface area contributed by atoms with Crippen molar-refractivity contribution in [3.8, 4) is 0 Å². The molecule has 0 saturated carbocycles. The molecule has 0 aliphatic carbocycles. The molecular formula is C10H10F2O2. The molecule has 0 aliphatic heterocycles. The van der Waals surface area contributed by atoms with Gasteiger partial charge in [0, 0.05) is 12.7 Å². The largest absolute Gasteiger partial charge is 0.369 e. The average Bonchev–Trinajstić information content (AvgIpc) is 2.11. The van der Waals surface area contributed by atoms with Crippen LogP contribution in [-0.2, 0) is 9.53 Å². The van der Waals surface area contributed by atoms with Gasteiger partial charge in [0.25, 0.3) is 0 Å². The van der Waals surface area contributed by atoms with Gasteiger partial charge in [0.1, 0.15) is 17.7 Å². The Morgan fingerprint density at radius 3 is 2.57 bits per heavy atom. The first kappa shape index (κ1) is 10.8. The van der Waals surface area contributed by atoms with E-state index in [1.807, 2.05) is 0 Å². The number of ketones is 1. The van der Waals surface area contributed by atoms with Gasteiger partial charge in [-0.15, -0.1) is 0 Å². The van der Waals surface area contributed by atoms with Crippen molar-refractivity contribution >= 4 is 5.78 Å². The predicted molar refractivity (Wildman–Crippen MR) is 46.8 cm³/mol. The van der Waals surface area contributed by atoms with Gasteiger partial charge in [-0.25, -0.2) is 8.78 Å². The number of hydrogen-bond acceptors (Lipinski definition) is 2. The second-order valence-corrected chi connectivity index (χ2v) is 2.89. The molecule has 0 radical (unpaired) electrons. The SMILES string of the molecule is COC(C(C)=O)c1cc(F)ccc1F. The summed E-state index contributed by atoms with van der Waals surface area (Å²) in [5.41, 5.74) is -0.0694. The number of hydrogen-bond donors (Lipinski definition) is 0. The lowest BCUT2D eigenvalue weighted by Gasteiger charge is -2.12. The van der Waals surface area contributed by atoms with E-state index >= 15 is 0 Å². The van der Waals surface area contributed by atoms with Crippen molar-refractivity contribution in [1.29, 1.82) is 0 Å². The molecule has 1 unspecified atom stereocenters. The lowest BCUT2D eigenvalue weighted by Crippen LogP contribution is -2.12. The molecule has 0 N–H and O–H groups in total. The van der Waals surface area contributed by atoms with E-state index in [9.17, 15) is 13.6 Å². The molecule has 14 heavy (non-hydrogen) atoms. The van der Waals surface area contributed by atoms with Gasteiger partial charge in [0.2, 0.25) is 0 Å². The lowest BCUT2D eigenvalue weighted by atomic mass is 10.1. The number of carbonyl (C=O) groups is 1. The minimum Gasteiger partial charge on any atom is -0.369 e. The third-order valence-electron chi connectivity index (χ3n) is 1.85. The fourth-order valence-corrected chi connectivity index (χ4v) is 1.23. The van der Waals surface area contributed by atoms with Crippen LogP contribution in [0.15, 0.2) is 18.2 Å². The molecular weight excluding hydrogens is 190 g/mol. The maximum atomic E-state index is 13.2. The Balaban J connectivity index is 3.15. The number of ether oxygens (including phenoxy) is 1. The summed E-state index contributed by atoms with van der Waals surface area (Å²) in [6.07, 6.45) is -1.04. The molecule has 1 atom stereocenters. The zero-order valence-electron chi connectivity index (χ0n) is 7.88. The van der Waals surface area contributed by atoms with Gasteiger partial charge in [0.15, 0.2) is 5.78 Å². The predicted octanol–water partition coefficient (Wildman–Crippen LogP) is 2.24. The number of methoxy groups -OCH3 is 1. The monoisotopic (exact) mass is 200 g/mol. The molecule has 0 amide bonds. The average molecular weight is 200 g/mol. The quantitative estimate of drug-likeness (QED) is 0.747. The Morgan fingerprint density at radius 2 is 2.07 bits per heavy atom. The highest BCUT2D eigenvalue weighted by Gasteiger charge is 2.20. The van der Waals surface area contributed by atoms with Crippen molar-refractivity contribution in [3.63, 3.8) is 0 Å². The van der Waals surface area contributed by atoms with E-state index in [4.69, 9.17) is 4.74 Å². The van der Waals surface area contributed by atoms with Crippen LogP contribution in [0.1, 0.15) is 18.6 Å². The first-order chi connectivity index (χ1) is 6.56. The van der Waals surface area contributed by atoms with E-state index < -0.39 is 17.7 Å². The lowest BCUT2D eigenvalue weighted by molar-refractivity contribution is -0.127. The number of benzene rings is 1.